The number of aliphatic carboxylic acids is 1. The van der Waals surface area contributed by atoms with Gasteiger partial charge in [-0.3, -0.25) is 9.59 Å². The largest absolute Gasteiger partial charge is 0.480 e. The maximum Gasteiger partial charge on any atom is 0.408 e. The molecule has 0 bridgehead atoms. The van der Waals surface area contributed by atoms with Crippen LogP contribution in [0.5, 0.6) is 0 Å². The molecule has 1 aromatic rings. The molecular weight excluding hydrogens is 779 g/mol. The number of sulfonamides is 1. The molecule has 3 aliphatic rings. The second-order valence-electron chi connectivity index (χ2n) is 17.8. The third-order valence-corrected chi connectivity index (χ3v) is 13.2. The lowest BCUT2D eigenvalue weighted by atomic mass is 9.85. The fourth-order valence-corrected chi connectivity index (χ4v) is 9.44. The van der Waals surface area contributed by atoms with Crippen molar-refractivity contribution in [3.63, 3.8) is 0 Å². The number of aliphatic hydroxyl groups is 1. The standard InChI is InChI=1S/C43H69N5O10S/c1-7-31-28-43(31,46-37(49)35-23-17-18-30(29(2)3)25-27-48(35)41(54)58-42(4,5)6)39(52)47-59(55,56)36-24-15-14-21-33(36)44-26-16-10-8-9-11-22-34(38(50)51)45-40(53)57-32-19-12-13-20-32/h7,14-15,21,24,29-32,34-35,41,44,54H,1,8-13,16-20,22-23,25-28H2,2-6H3,(H,45,53)(H,46,49)(H,47,52)(H,50,51)/t30?,31-,34+,35?,41?,43-/m1/s1. The lowest BCUT2D eigenvalue weighted by Gasteiger charge is -2.40. The Morgan fingerprint density at radius 2 is 1.66 bits per heavy atom. The number of aliphatic hydroxyl groups excluding tert-OH is 1. The smallest absolute Gasteiger partial charge is 0.408 e. The first-order valence-corrected chi connectivity index (χ1v) is 23.0. The average molecular weight is 848 g/mol. The first kappa shape index (κ1) is 47.9. The summed E-state index contributed by atoms with van der Waals surface area (Å²) in [6, 6.07) is 4.46. The minimum absolute atomic E-state index is 0.113. The molecule has 1 aliphatic heterocycles. The van der Waals surface area contributed by atoms with E-state index in [2.05, 4.69) is 41.1 Å². The highest BCUT2D eigenvalue weighted by Gasteiger charge is 2.61. The van der Waals surface area contributed by atoms with Crippen LogP contribution in [0.15, 0.2) is 41.8 Å². The number of hydrogen-bond acceptors (Lipinski definition) is 11. The molecular formula is C43H69N5O10S. The molecule has 0 spiro atoms. The SMILES string of the molecule is C=C[C@@H]1C[C@]1(NC(=O)C1CCCC(C(C)C)CCN1C(O)OC(C)(C)C)C(=O)NS(=O)(=O)c1ccccc1NCCCCCCC[C@H](NC(=O)OC1CCCC1)C(=O)O. The van der Waals surface area contributed by atoms with Gasteiger partial charge in [-0.2, -0.15) is 0 Å². The number of alkyl carbamates (subject to hydrolysis) is 1. The van der Waals surface area contributed by atoms with Crippen LogP contribution in [-0.2, 0) is 33.9 Å². The van der Waals surface area contributed by atoms with Crippen LogP contribution in [0, 0.1) is 17.8 Å². The van der Waals surface area contributed by atoms with Crippen molar-refractivity contribution >= 4 is 39.6 Å². The Balaban J connectivity index is 1.31. The van der Waals surface area contributed by atoms with Gasteiger partial charge in [-0.1, -0.05) is 70.6 Å². The number of hydrogen-bond donors (Lipinski definition) is 6. The molecule has 3 fully saturated rings. The number of carboxylic acids is 1. The molecule has 15 nitrogen and oxygen atoms in total. The molecule has 2 aliphatic carbocycles. The Hall–Kier alpha value is -3.73. The number of nitrogens with one attached hydrogen (secondary N) is 4. The number of para-hydroxylation sites is 1. The zero-order chi connectivity index (χ0) is 43.4. The number of ether oxygens (including phenoxy) is 2. The van der Waals surface area contributed by atoms with Gasteiger partial charge < -0.3 is 35.6 Å². The zero-order valence-electron chi connectivity index (χ0n) is 35.7. The van der Waals surface area contributed by atoms with Crippen LogP contribution >= 0.6 is 0 Å². The monoisotopic (exact) mass is 847 g/mol. The van der Waals surface area contributed by atoms with Gasteiger partial charge in [0.2, 0.25) is 12.3 Å². The Bertz CT molecular complexity index is 1690. The highest BCUT2D eigenvalue weighted by atomic mass is 32.2. The van der Waals surface area contributed by atoms with Crippen LogP contribution in [0.1, 0.15) is 131 Å². The van der Waals surface area contributed by atoms with Crippen molar-refractivity contribution in [2.24, 2.45) is 17.8 Å². The summed E-state index contributed by atoms with van der Waals surface area (Å²) in [5, 5.41) is 29.3. The molecule has 1 aromatic carbocycles. The van der Waals surface area contributed by atoms with Gasteiger partial charge in [0.15, 0.2) is 0 Å². The van der Waals surface area contributed by atoms with Crippen molar-refractivity contribution in [1.82, 2.24) is 20.3 Å². The number of unbranched alkanes of at least 4 members (excludes halogenated alkanes) is 4. The fraction of sp³-hybridized carbons (Fsp3) is 0.721. The number of anilines is 1. The Labute approximate surface area is 350 Å². The van der Waals surface area contributed by atoms with Crippen LogP contribution < -0.4 is 20.7 Å². The highest BCUT2D eigenvalue weighted by Crippen LogP contribution is 2.45. The van der Waals surface area contributed by atoms with E-state index in [9.17, 15) is 37.8 Å². The minimum Gasteiger partial charge on any atom is -0.480 e. The topological polar surface area (TPSA) is 213 Å². The molecule has 1 heterocycles. The van der Waals surface area contributed by atoms with E-state index in [0.717, 1.165) is 64.2 Å². The van der Waals surface area contributed by atoms with Gasteiger partial charge in [0.1, 0.15) is 22.6 Å². The van der Waals surface area contributed by atoms with E-state index >= 15 is 0 Å². The predicted octanol–water partition coefficient (Wildman–Crippen LogP) is 6.03. The molecule has 0 aromatic heterocycles. The average Bonchev–Trinajstić information content (AvgIpc) is 3.62. The molecule has 16 heteroatoms. The molecule has 59 heavy (non-hydrogen) atoms. The first-order chi connectivity index (χ1) is 27.9. The maximum atomic E-state index is 14.1. The fourth-order valence-electron chi connectivity index (χ4n) is 8.22. The lowest BCUT2D eigenvalue weighted by molar-refractivity contribution is -0.249. The van der Waals surface area contributed by atoms with E-state index in [1.165, 1.54) is 12.1 Å². The summed E-state index contributed by atoms with van der Waals surface area (Å²) in [4.78, 5) is 53.4. The molecule has 6 atom stereocenters. The molecule has 6 N–H and O–H groups in total. The van der Waals surface area contributed by atoms with Gasteiger partial charge in [0, 0.05) is 19.0 Å². The van der Waals surface area contributed by atoms with Crippen molar-refractivity contribution in [3.05, 3.63) is 36.9 Å². The number of benzene rings is 1. The molecule has 2 saturated carbocycles. The van der Waals surface area contributed by atoms with E-state index in [1.807, 2.05) is 20.8 Å². The number of carbonyl (C=O) groups excluding carboxylic acids is 3. The molecule has 3 unspecified atom stereocenters. The predicted molar refractivity (Wildman–Crippen MR) is 225 cm³/mol. The van der Waals surface area contributed by atoms with Gasteiger partial charge in [0.05, 0.1) is 17.3 Å². The number of rotatable bonds is 21. The van der Waals surface area contributed by atoms with Gasteiger partial charge in [0.25, 0.3) is 15.9 Å². The third-order valence-electron chi connectivity index (χ3n) is 11.8. The summed E-state index contributed by atoms with van der Waals surface area (Å²) >= 11 is 0. The second kappa shape index (κ2) is 21.7. The van der Waals surface area contributed by atoms with Crippen LogP contribution in [-0.4, -0.2) is 96.2 Å². The normalized spacial score (nSPS) is 23.9. The molecule has 1 saturated heterocycles. The third kappa shape index (κ3) is 14.2. The Kier molecular flexibility index (Phi) is 17.6. The van der Waals surface area contributed by atoms with Gasteiger partial charge >= 0.3 is 12.1 Å². The van der Waals surface area contributed by atoms with Gasteiger partial charge in [-0.05, 0) is 103 Å². The van der Waals surface area contributed by atoms with Crippen LogP contribution in [0.3, 0.4) is 0 Å². The summed E-state index contributed by atoms with van der Waals surface area (Å²) in [6.07, 6.45) is 9.93. The Morgan fingerprint density at radius 1 is 0.983 bits per heavy atom. The molecule has 4 rings (SSSR count). The van der Waals surface area contributed by atoms with E-state index in [4.69, 9.17) is 9.47 Å². The number of carboxylic acid groups (broad SMARTS) is 1. The van der Waals surface area contributed by atoms with E-state index in [-0.39, 0.29) is 23.8 Å². The van der Waals surface area contributed by atoms with Crippen LogP contribution in [0.2, 0.25) is 0 Å². The van der Waals surface area contributed by atoms with Crippen LogP contribution in [0.25, 0.3) is 0 Å². The maximum absolute atomic E-state index is 14.1. The summed E-state index contributed by atoms with van der Waals surface area (Å²) < 4.78 is 41.0. The van der Waals surface area contributed by atoms with Crippen molar-refractivity contribution in [3.8, 4) is 0 Å². The van der Waals surface area contributed by atoms with Crippen molar-refractivity contribution in [2.75, 3.05) is 18.4 Å². The summed E-state index contributed by atoms with van der Waals surface area (Å²) in [5.41, 5.74) is -1.90. The molecule has 3 amide bonds. The van der Waals surface area contributed by atoms with E-state index in [0.29, 0.717) is 49.9 Å². The van der Waals surface area contributed by atoms with E-state index < -0.39 is 69.5 Å². The van der Waals surface area contributed by atoms with Gasteiger partial charge in [-0.15, -0.1) is 6.58 Å². The van der Waals surface area contributed by atoms with E-state index in [1.54, 1.807) is 23.1 Å². The molecule has 332 valence electrons. The second-order valence-corrected chi connectivity index (χ2v) is 19.5. The highest BCUT2D eigenvalue weighted by molar-refractivity contribution is 7.90. The quantitative estimate of drug-likeness (QED) is 0.0475. The number of nitrogens with zero attached hydrogens (tertiary/aromatic N) is 1. The minimum atomic E-state index is -4.39. The first-order valence-electron chi connectivity index (χ1n) is 21.5. The summed E-state index contributed by atoms with van der Waals surface area (Å²) in [5.74, 6) is -2.09. The molecule has 0 radical (unpaired) electrons. The summed E-state index contributed by atoms with van der Waals surface area (Å²) in [6.45, 7) is 14.5. The number of amides is 3. The van der Waals surface area contributed by atoms with Crippen LogP contribution in [0.4, 0.5) is 10.5 Å². The van der Waals surface area contributed by atoms with Gasteiger partial charge in [-0.25, -0.2) is 27.6 Å². The number of likely N-dealkylation sites (tertiary alicyclic amines) is 1. The summed E-state index contributed by atoms with van der Waals surface area (Å²) in [7, 11) is -4.39. The van der Waals surface area contributed by atoms with Crippen molar-refractivity contribution < 1.29 is 47.3 Å². The van der Waals surface area contributed by atoms with Crippen molar-refractivity contribution in [2.45, 2.75) is 172 Å². The zero-order valence-corrected chi connectivity index (χ0v) is 36.5. The number of carbonyl (C=O) groups is 4. The Morgan fingerprint density at radius 3 is 2.31 bits per heavy atom. The van der Waals surface area contributed by atoms with Crippen molar-refractivity contribution in [1.29, 1.82) is 0 Å². The lowest BCUT2D eigenvalue weighted by Crippen LogP contribution is -2.59.